The van der Waals surface area contributed by atoms with E-state index in [2.05, 4.69) is 5.32 Å². The summed E-state index contributed by atoms with van der Waals surface area (Å²) in [6, 6.07) is 0. The number of hydrogen-bond donors (Lipinski definition) is 1. The Hall–Kier alpha value is 0.0700. The van der Waals surface area contributed by atoms with Crippen LogP contribution in [0.2, 0.25) is 0 Å². The first kappa shape index (κ1) is 10.1. The van der Waals surface area contributed by atoms with Gasteiger partial charge in [-0.15, -0.1) is 0 Å². The fourth-order valence-electron chi connectivity index (χ4n) is 0.607. The Balaban J connectivity index is 3.21. The van der Waals surface area contributed by atoms with Crippen molar-refractivity contribution in [2.75, 3.05) is 33.4 Å². The minimum atomic E-state index is -0.808. The van der Waals surface area contributed by atoms with Gasteiger partial charge < -0.3 is 5.32 Å². The van der Waals surface area contributed by atoms with Crippen LogP contribution in [0.15, 0.2) is 0 Å². The third-order valence-corrected chi connectivity index (χ3v) is 2.40. The van der Waals surface area contributed by atoms with Gasteiger partial charge in [-0.1, -0.05) is 0 Å². The summed E-state index contributed by atoms with van der Waals surface area (Å²) in [6.45, 7) is 1.88. The molecule has 0 aliphatic rings. The van der Waals surface area contributed by atoms with E-state index < -0.39 is 11.0 Å². The van der Waals surface area contributed by atoms with Crippen molar-refractivity contribution in [3.05, 3.63) is 0 Å². The number of nitrogens with one attached hydrogen (secondary N) is 1. The first-order valence-electron chi connectivity index (χ1n) is 3.37. The lowest BCUT2D eigenvalue weighted by Gasteiger charge is -2.11. The number of nitrogens with zero attached hydrogens (tertiary/aromatic N) is 1. The van der Waals surface area contributed by atoms with Gasteiger partial charge in [0.15, 0.2) is 0 Å². The normalized spacial score (nSPS) is 14.0. The summed E-state index contributed by atoms with van der Waals surface area (Å²) in [4.78, 5) is 0. The molecule has 0 aromatic heterocycles. The van der Waals surface area contributed by atoms with Crippen LogP contribution in [0.3, 0.4) is 0 Å². The molecule has 0 aromatic carbocycles. The van der Waals surface area contributed by atoms with E-state index in [1.54, 1.807) is 6.26 Å². The molecule has 0 amide bonds. The average Bonchev–Trinajstić information content (AvgIpc) is 1.88. The lowest BCUT2D eigenvalue weighted by Crippen LogP contribution is -2.23. The summed E-state index contributed by atoms with van der Waals surface area (Å²) in [5, 5.41) is 3.04. The van der Waals surface area contributed by atoms with Crippen molar-refractivity contribution >= 4 is 11.0 Å². The second-order valence-electron chi connectivity index (χ2n) is 2.23. The summed E-state index contributed by atoms with van der Waals surface area (Å²) in [5.74, 6) is 0. The van der Waals surface area contributed by atoms with E-state index in [-0.39, 0.29) is 0 Å². The van der Waals surface area contributed by atoms with Gasteiger partial charge in [0, 0.05) is 12.8 Å². The van der Waals surface area contributed by atoms with Gasteiger partial charge in [0.25, 0.3) is 0 Å². The summed E-state index contributed by atoms with van der Waals surface area (Å²) >= 11 is 0. The molecule has 0 fully saturated rings. The van der Waals surface area contributed by atoms with Crippen molar-refractivity contribution in [3.8, 4) is 0 Å². The molecule has 0 aromatic rings. The molecule has 0 aliphatic heterocycles. The molecular formula is C6H16N2OS. The van der Waals surface area contributed by atoms with Gasteiger partial charge in [-0.25, -0.2) is 8.51 Å². The molecule has 0 bridgehead atoms. The Bertz CT molecular complexity index is 108. The maximum atomic E-state index is 10.8. The van der Waals surface area contributed by atoms with Gasteiger partial charge in [-0.2, -0.15) is 0 Å². The monoisotopic (exact) mass is 164 g/mol. The van der Waals surface area contributed by atoms with E-state index in [0.29, 0.717) is 0 Å². The highest BCUT2D eigenvalue weighted by Gasteiger charge is 1.98. The molecule has 0 aliphatic carbocycles. The largest absolute Gasteiger partial charge is 0.320 e. The Morgan fingerprint density at radius 3 is 2.60 bits per heavy atom. The number of rotatable bonds is 5. The molecule has 0 rings (SSSR count). The lowest BCUT2D eigenvalue weighted by atomic mass is 10.4. The molecule has 1 unspecified atom stereocenters. The van der Waals surface area contributed by atoms with Gasteiger partial charge in [-0.05, 0) is 27.1 Å². The summed E-state index contributed by atoms with van der Waals surface area (Å²) in [5.41, 5.74) is 0. The predicted molar refractivity (Wildman–Crippen MR) is 45.2 cm³/mol. The van der Waals surface area contributed by atoms with E-state index >= 15 is 0 Å². The first-order chi connectivity index (χ1) is 4.68. The maximum absolute atomic E-state index is 10.8. The zero-order valence-electron chi connectivity index (χ0n) is 6.89. The second kappa shape index (κ2) is 5.82. The Morgan fingerprint density at radius 1 is 1.60 bits per heavy atom. The average molecular weight is 164 g/mol. The highest BCUT2D eigenvalue weighted by Crippen LogP contribution is 1.88. The fraction of sp³-hybridized carbons (Fsp3) is 1.00. The van der Waals surface area contributed by atoms with E-state index in [1.807, 2.05) is 18.4 Å². The predicted octanol–water partition coefficient (Wildman–Crippen LogP) is -0.179. The van der Waals surface area contributed by atoms with Crippen LogP contribution in [-0.2, 0) is 11.0 Å². The molecule has 10 heavy (non-hydrogen) atoms. The molecule has 4 heteroatoms. The highest BCUT2D eigenvalue weighted by atomic mass is 32.2. The van der Waals surface area contributed by atoms with Crippen LogP contribution < -0.4 is 5.32 Å². The van der Waals surface area contributed by atoms with Crippen LogP contribution in [-0.4, -0.2) is 42.0 Å². The van der Waals surface area contributed by atoms with E-state index in [0.717, 1.165) is 19.5 Å². The van der Waals surface area contributed by atoms with Crippen LogP contribution in [0.25, 0.3) is 0 Å². The van der Waals surface area contributed by atoms with E-state index in [4.69, 9.17) is 0 Å². The summed E-state index contributed by atoms with van der Waals surface area (Å²) in [6.07, 6.45) is 2.74. The van der Waals surface area contributed by atoms with Crippen LogP contribution >= 0.6 is 0 Å². The van der Waals surface area contributed by atoms with Crippen molar-refractivity contribution in [1.82, 2.24) is 9.62 Å². The molecule has 3 nitrogen and oxygen atoms in total. The van der Waals surface area contributed by atoms with Gasteiger partial charge >= 0.3 is 0 Å². The summed E-state index contributed by atoms with van der Waals surface area (Å²) < 4.78 is 12.6. The van der Waals surface area contributed by atoms with Crippen molar-refractivity contribution in [2.24, 2.45) is 0 Å². The quantitative estimate of drug-likeness (QED) is 0.572. The van der Waals surface area contributed by atoms with E-state index in [9.17, 15) is 4.21 Å². The van der Waals surface area contributed by atoms with Crippen molar-refractivity contribution in [2.45, 2.75) is 6.42 Å². The molecule has 1 atom stereocenters. The van der Waals surface area contributed by atoms with Gasteiger partial charge in [0.1, 0.15) is 0 Å². The third kappa shape index (κ3) is 4.90. The molecule has 0 heterocycles. The number of hydrogen-bond acceptors (Lipinski definition) is 2. The fourth-order valence-corrected chi connectivity index (χ4v) is 0.993. The van der Waals surface area contributed by atoms with Gasteiger partial charge in [0.05, 0.1) is 11.0 Å². The molecule has 1 N–H and O–H groups in total. The topological polar surface area (TPSA) is 32.3 Å². The molecular weight excluding hydrogens is 148 g/mol. The molecule has 0 saturated heterocycles. The van der Waals surface area contributed by atoms with Crippen LogP contribution in [0.1, 0.15) is 6.42 Å². The zero-order chi connectivity index (χ0) is 7.98. The van der Waals surface area contributed by atoms with Crippen molar-refractivity contribution in [1.29, 1.82) is 0 Å². The maximum Gasteiger partial charge on any atom is 0.0908 e. The summed E-state index contributed by atoms with van der Waals surface area (Å²) in [7, 11) is 2.98. The smallest absolute Gasteiger partial charge is 0.0908 e. The molecule has 62 valence electrons. The minimum Gasteiger partial charge on any atom is -0.320 e. The molecule has 0 spiro atoms. The van der Waals surface area contributed by atoms with Crippen molar-refractivity contribution < 1.29 is 4.21 Å². The zero-order valence-corrected chi connectivity index (χ0v) is 7.70. The van der Waals surface area contributed by atoms with Gasteiger partial charge in [-0.3, -0.25) is 0 Å². The Morgan fingerprint density at radius 2 is 2.20 bits per heavy atom. The van der Waals surface area contributed by atoms with Gasteiger partial charge in [0.2, 0.25) is 0 Å². The second-order valence-corrected chi connectivity index (χ2v) is 3.70. The van der Waals surface area contributed by atoms with Crippen LogP contribution in [0.4, 0.5) is 0 Å². The standard InChI is InChI=1S/C6H16N2OS/c1-7-5-4-6-8(2)10(3)9/h7H,4-6H2,1-3H3. The van der Waals surface area contributed by atoms with Crippen LogP contribution in [0.5, 0.6) is 0 Å². The Kier molecular flexibility index (Phi) is 5.87. The molecule has 0 radical (unpaired) electrons. The molecule has 0 saturated carbocycles. The third-order valence-electron chi connectivity index (χ3n) is 1.34. The SMILES string of the molecule is CNCCCN(C)S(C)=O. The first-order valence-corrected chi connectivity index (χ1v) is 4.89. The van der Waals surface area contributed by atoms with E-state index in [1.165, 1.54) is 0 Å². The van der Waals surface area contributed by atoms with Crippen molar-refractivity contribution in [3.63, 3.8) is 0 Å². The Labute approximate surface area is 65.4 Å². The highest BCUT2D eigenvalue weighted by molar-refractivity contribution is 7.81. The lowest BCUT2D eigenvalue weighted by molar-refractivity contribution is 0.504. The minimum absolute atomic E-state index is 0.808. The van der Waals surface area contributed by atoms with Crippen LogP contribution in [0, 0.1) is 0 Å².